The van der Waals surface area contributed by atoms with Gasteiger partial charge in [0.25, 0.3) is 0 Å². The molecule has 3 rings (SSSR count). The van der Waals surface area contributed by atoms with Gasteiger partial charge in [-0.3, -0.25) is 0 Å². The number of rotatable bonds is 4. The summed E-state index contributed by atoms with van der Waals surface area (Å²) in [6, 6.07) is 7.76. The molecule has 1 aromatic heterocycles. The predicted molar refractivity (Wildman–Crippen MR) is 75.0 cm³/mol. The van der Waals surface area contributed by atoms with Gasteiger partial charge in [-0.25, -0.2) is 4.98 Å². The Balaban J connectivity index is 1.71. The third-order valence-electron chi connectivity index (χ3n) is 3.99. The van der Waals surface area contributed by atoms with Gasteiger partial charge in [0.1, 0.15) is 5.82 Å². The third-order valence-corrected chi connectivity index (χ3v) is 3.99. The Labute approximate surface area is 110 Å². The molecule has 1 aromatic rings. The number of hydrogen-bond acceptors (Lipinski definition) is 3. The fraction of sp³-hybridized carbons (Fsp3) is 0.667. The predicted octanol–water partition coefficient (Wildman–Crippen LogP) is 2.50. The largest absolute Gasteiger partial charge is 0.352 e. The van der Waals surface area contributed by atoms with Crippen LogP contribution < -0.4 is 10.2 Å². The summed E-state index contributed by atoms with van der Waals surface area (Å²) in [5, 5.41) is 3.65. The van der Waals surface area contributed by atoms with Gasteiger partial charge in [-0.2, -0.15) is 0 Å². The lowest BCUT2D eigenvalue weighted by molar-refractivity contribution is 0.397. The summed E-state index contributed by atoms with van der Waals surface area (Å²) in [6.07, 6.45) is 6.69. The van der Waals surface area contributed by atoms with Crippen molar-refractivity contribution in [2.24, 2.45) is 0 Å². The molecule has 1 aliphatic carbocycles. The van der Waals surface area contributed by atoms with Crippen LogP contribution in [-0.4, -0.2) is 30.2 Å². The molecule has 0 radical (unpaired) electrons. The van der Waals surface area contributed by atoms with Crippen LogP contribution >= 0.6 is 0 Å². The van der Waals surface area contributed by atoms with Crippen molar-refractivity contribution in [3.8, 4) is 0 Å². The first-order valence-corrected chi connectivity index (χ1v) is 7.26. The molecule has 1 saturated heterocycles. The quantitative estimate of drug-likeness (QED) is 0.883. The number of pyridine rings is 1. The van der Waals surface area contributed by atoms with E-state index < -0.39 is 0 Å². The molecule has 3 heteroatoms. The summed E-state index contributed by atoms with van der Waals surface area (Å²) >= 11 is 0. The molecule has 1 N–H and O–H groups in total. The van der Waals surface area contributed by atoms with Crippen LogP contribution in [0.15, 0.2) is 18.2 Å². The topological polar surface area (TPSA) is 28.2 Å². The third kappa shape index (κ3) is 2.83. The fourth-order valence-corrected chi connectivity index (χ4v) is 2.82. The van der Waals surface area contributed by atoms with Crippen molar-refractivity contribution in [1.29, 1.82) is 0 Å². The van der Waals surface area contributed by atoms with Crippen molar-refractivity contribution in [1.82, 2.24) is 10.3 Å². The second-order valence-electron chi connectivity index (χ2n) is 5.67. The summed E-state index contributed by atoms with van der Waals surface area (Å²) in [6.45, 7) is 4.39. The molecule has 0 bridgehead atoms. The van der Waals surface area contributed by atoms with Crippen LogP contribution in [0.25, 0.3) is 0 Å². The van der Waals surface area contributed by atoms with E-state index in [-0.39, 0.29) is 0 Å². The van der Waals surface area contributed by atoms with Gasteiger partial charge in [0.2, 0.25) is 0 Å². The lowest BCUT2D eigenvalue weighted by Gasteiger charge is -2.31. The molecule has 0 spiro atoms. The molecule has 1 atom stereocenters. The first-order valence-electron chi connectivity index (χ1n) is 7.26. The number of piperidine rings is 1. The molecule has 1 saturated carbocycles. The molecule has 98 valence electrons. The van der Waals surface area contributed by atoms with Gasteiger partial charge in [-0.05, 0) is 51.3 Å². The molecule has 2 fully saturated rings. The summed E-state index contributed by atoms with van der Waals surface area (Å²) in [7, 11) is 0. The maximum atomic E-state index is 4.70. The maximum absolute atomic E-state index is 4.70. The van der Waals surface area contributed by atoms with Crippen LogP contribution in [0, 0.1) is 6.92 Å². The molecule has 1 unspecified atom stereocenters. The van der Waals surface area contributed by atoms with Crippen LogP contribution in [0.3, 0.4) is 0 Å². The van der Waals surface area contributed by atoms with Gasteiger partial charge in [-0.1, -0.05) is 12.5 Å². The summed E-state index contributed by atoms with van der Waals surface area (Å²) < 4.78 is 0. The summed E-state index contributed by atoms with van der Waals surface area (Å²) in [4.78, 5) is 7.22. The van der Waals surface area contributed by atoms with Crippen LogP contribution in [0.2, 0.25) is 0 Å². The average molecular weight is 245 g/mol. The monoisotopic (exact) mass is 245 g/mol. The van der Waals surface area contributed by atoms with E-state index in [1.54, 1.807) is 0 Å². The van der Waals surface area contributed by atoms with E-state index in [4.69, 9.17) is 4.98 Å². The number of nitrogens with zero attached hydrogens (tertiary/aromatic N) is 2. The number of hydrogen-bond donors (Lipinski definition) is 1. The number of nitrogens with one attached hydrogen (secondary N) is 1. The Morgan fingerprint density at radius 1 is 1.28 bits per heavy atom. The van der Waals surface area contributed by atoms with Crippen molar-refractivity contribution in [3.63, 3.8) is 0 Å². The normalized spacial score (nSPS) is 23.9. The number of aromatic nitrogens is 1. The van der Waals surface area contributed by atoms with E-state index in [1.807, 2.05) is 0 Å². The van der Waals surface area contributed by atoms with Crippen molar-refractivity contribution in [2.75, 3.05) is 18.0 Å². The molecule has 1 aliphatic heterocycles. The number of aryl methyl sites for hydroxylation is 1. The van der Waals surface area contributed by atoms with E-state index in [9.17, 15) is 0 Å². The Morgan fingerprint density at radius 3 is 2.83 bits per heavy atom. The highest BCUT2D eigenvalue weighted by atomic mass is 15.2. The number of anilines is 1. The molecular weight excluding hydrogens is 222 g/mol. The van der Waals surface area contributed by atoms with Gasteiger partial charge >= 0.3 is 0 Å². The molecule has 0 amide bonds. The van der Waals surface area contributed by atoms with Crippen LogP contribution in [0.4, 0.5) is 5.82 Å². The highest BCUT2D eigenvalue weighted by Gasteiger charge is 2.31. The van der Waals surface area contributed by atoms with Gasteiger partial charge in [0, 0.05) is 24.3 Å². The Kier molecular flexibility index (Phi) is 3.50. The van der Waals surface area contributed by atoms with E-state index in [1.165, 1.54) is 44.5 Å². The Hall–Kier alpha value is -1.09. The van der Waals surface area contributed by atoms with Crippen molar-refractivity contribution in [2.45, 2.75) is 51.1 Å². The lowest BCUT2D eigenvalue weighted by Crippen LogP contribution is -2.44. The van der Waals surface area contributed by atoms with E-state index in [2.05, 4.69) is 35.3 Å². The zero-order chi connectivity index (χ0) is 12.4. The first-order chi connectivity index (χ1) is 8.83. The molecule has 3 nitrogen and oxygen atoms in total. The highest BCUT2D eigenvalue weighted by molar-refractivity contribution is 5.42. The smallest absolute Gasteiger partial charge is 0.129 e. The second-order valence-corrected chi connectivity index (χ2v) is 5.67. The van der Waals surface area contributed by atoms with Crippen molar-refractivity contribution >= 4 is 5.82 Å². The van der Waals surface area contributed by atoms with E-state index >= 15 is 0 Å². The average Bonchev–Trinajstić information content (AvgIpc) is 3.21. The molecule has 18 heavy (non-hydrogen) atoms. The van der Waals surface area contributed by atoms with Gasteiger partial charge in [0.05, 0.1) is 0 Å². The zero-order valence-electron chi connectivity index (χ0n) is 11.2. The van der Waals surface area contributed by atoms with Crippen molar-refractivity contribution in [3.05, 3.63) is 23.9 Å². The van der Waals surface area contributed by atoms with Crippen LogP contribution in [0.5, 0.6) is 0 Å². The van der Waals surface area contributed by atoms with Crippen LogP contribution in [0.1, 0.15) is 37.8 Å². The standard InChI is InChI=1S/C15H23N3/c1-12-5-4-7-15(17-12)18(14-8-9-14)11-13-6-2-3-10-16-13/h4-5,7,13-14,16H,2-3,6,8-11H2,1H3. The molecule has 2 heterocycles. The zero-order valence-corrected chi connectivity index (χ0v) is 11.2. The minimum absolute atomic E-state index is 0.654. The fourth-order valence-electron chi connectivity index (χ4n) is 2.82. The molecule has 0 aromatic carbocycles. The molecular formula is C15H23N3. The Morgan fingerprint density at radius 2 is 2.17 bits per heavy atom. The maximum Gasteiger partial charge on any atom is 0.129 e. The molecule has 2 aliphatic rings. The van der Waals surface area contributed by atoms with E-state index in [0.717, 1.165) is 18.3 Å². The first kappa shape index (κ1) is 12.0. The van der Waals surface area contributed by atoms with Gasteiger partial charge < -0.3 is 10.2 Å². The lowest BCUT2D eigenvalue weighted by atomic mass is 10.0. The van der Waals surface area contributed by atoms with Gasteiger partial charge in [-0.15, -0.1) is 0 Å². The Bertz CT molecular complexity index is 394. The summed E-state index contributed by atoms with van der Waals surface area (Å²) in [5.74, 6) is 1.17. The minimum atomic E-state index is 0.654. The SMILES string of the molecule is Cc1cccc(N(CC2CCCCN2)C2CC2)n1. The summed E-state index contributed by atoms with van der Waals surface area (Å²) in [5.41, 5.74) is 1.12. The highest BCUT2D eigenvalue weighted by Crippen LogP contribution is 2.31. The van der Waals surface area contributed by atoms with Crippen LogP contribution in [-0.2, 0) is 0 Å². The second kappa shape index (κ2) is 5.27. The van der Waals surface area contributed by atoms with E-state index in [0.29, 0.717) is 6.04 Å². The van der Waals surface area contributed by atoms with Crippen molar-refractivity contribution < 1.29 is 0 Å². The van der Waals surface area contributed by atoms with Gasteiger partial charge in [0.15, 0.2) is 0 Å². The minimum Gasteiger partial charge on any atom is -0.352 e.